The average Bonchev–Trinajstić information content (AvgIpc) is 3.40. The van der Waals surface area contributed by atoms with Gasteiger partial charge in [-0.2, -0.15) is 4.68 Å². The molecule has 3 aromatic rings. The number of thioether (sulfide) groups is 1. The first-order valence-corrected chi connectivity index (χ1v) is 12.3. The lowest BCUT2D eigenvalue weighted by Crippen LogP contribution is -2.71. The number of carboxylic acid groups (broad SMARTS) is 1. The van der Waals surface area contributed by atoms with E-state index < -0.39 is 29.2 Å². The number of nitrogens with zero attached hydrogens (tertiary/aromatic N) is 5. The minimum Gasteiger partial charge on any atom is -0.477 e. The van der Waals surface area contributed by atoms with E-state index in [0.29, 0.717) is 17.9 Å². The third-order valence-electron chi connectivity index (χ3n) is 5.93. The molecule has 2 aliphatic rings. The van der Waals surface area contributed by atoms with Crippen LogP contribution in [0.3, 0.4) is 0 Å². The number of aromatic nitrogens is 3. The highest BCUT2D eigenvalue weighted by atomic mass is 32.2. The van der Waals surface area contributed by atoms with Crippen LogP contribution in [-0.4, -0.2) is 65.5 Å². The van der Waals surface area contributed by atoms with Gasteiger partial charge in [-0.05, 0) is 12.1 Å². The topological polar surface area (TPSA) is 167 Å². The number of rotatable bonds is 6. The summed E-state index contributed by atoms with van der Waals surface area (Å²) >= 11 is 2.43. The Bertz CT molecular complexity index is 1440. The fourth-order valence-corrected chi connectivity index (χ4v) is 6.13. The van der Waals surface area contributed by atoms with E-state index in [1.54, 1.807) is 0 Å². The van der Waals surface area contributed by atoms with Crippen LogP contribution in [0.5, 0.6) is 0 Å². The highest BCUT2D eigenvalue weighted by Crippen LogP contribution is 2.40. The van der Waals surface area contributed by atoms with Gasteiger partial charge in [0.15, 0.2) is 17.4 Å². The highest BCUT2D eigenvalue weighted by molar-refractivity contribution is 8.00. The summed E-state index contributed by atoms with van der Waals surface area (Å²) in [5.74, 6) is -2.21. The molecule has 0 spiro atoms. The molecule has 14 heteroatoms. The molecule has 1 fully saturated rings. The van der Waals surface area contributed by atoms with Gasteiger partial charge in [-0.15, -0.1) is 27.8 Å². The molecule has 5 rings (SSSR count). The van der Waals surface area contributed by atoms with Crippen molar-refractivity contribution in [1.82, 2.24) is 19.9 Å². The first kappa shape index (κ1) is 22.9. The van der Waals surface area contributed by atoms with E-state index in [2.05, 4.69) is 15.5 Å². The van der Waals surface area contributed by atoms with Crippen molar-refractivity contribution in [2.75, 3.05) is 11.5 Å². The van der Waals surface area contributed by atoms with Crippen LogP contribution < -0.4 is 15.7 Å². The van der Waals surface area contributed by atoms with Crippen molar-refractivity contribution in [3.8, 4) is 0 Å². The van der Waals surface area contributed by atoms with Crippen molar-refractivity contribution in [3.05, 3.63) is 52.8 Å². The third-order valence-corrected chi connectivity index (χ3v) is 7.94. The molecule has 2 atom stereocenters. The smallest absolute Gasteiger partial charge is 0.352 e. The molecule has 1 aromatic carbocycles. The quantitative estimate of drug-likeness (QED) is 0.118. The molecule has 4 heterocycles. The number of para-hydroxylation sites is 1. The highest BCUT2D eigenvalue weighted by Gasteiger charge is 2.55. The zero-order valence-electron chi connectivity index (χ0n) is 18.3. The molecule has 12 nitrogen and oxygen atoms in total. The lowest BCUT2D eigenvalue weighted by Gasteiger charge is -2.49. The number of aryl methyl sites for hydroxylation is 1. The molecular formula is C21H20N7O5S2+. The largest absolute Gasteiger partial charge is 0.477 e. The van der Waals surface area contributed by atoms with Crippen LogP contribution in [0.25, 0.3) is 10.9 Å². The van der Waals surface area contributed by atoms with Gasteiger partial charge in [0.25, 0.3) is 11.8 Å². The lowest BCUT2D eigenvalue weighted by atomic mass is 10.0. The molecule has 2 aliphatic heterocycles. The fourth-order valence-electron chi connectivity index (χ4n) is 4.25. The summed E-state index contributed by atoms with van der Waals surface area (Å²) in [5.41, 5.74) is 6.77. The van der Waals surface area contributed by atoms with Gasteiger partial charge in [-0.1, -0.05) is 17.3 Å². The number of amides is 2. The molecule has 35 heavy (non-hydrogen) atoms. The second-order valence-electron chi connectivity index (χ2n) is 7.95. The molecule has 180 valence electrons. The molecule has 0 bridgehead atoms. The number of thiazole rings is 1. The second kappa shape index (κ2) is 8.70. The molecule has 0 radical (unpaired) electrons. The van der Waals surface area contributed by atoms with E-state index in [1.165, 1.54) is 22.0 Å². The number of oxime groups is 1. The normalized spacial score (nSPS) is 20.1. The maximum atomic E-state index is 13.0. The van der Waals surface area contributed by atoms with Crippen molar-refractivity contribution >= 4 is 62.6 Å². The predicted molar refractivity (Wildman–Crippen MR) is 128 cm³/mol. The number of hydrogen-bond donors (Lipinski definition) is 4. The standard InChI is InChI=1S/C21H19N7O5S2/c1-26-13-5-3-2-4-10(13)6-27(26)7-11-8-34-19-15(18(30)28(19)16(11)20(31)32)24-17(29)14(25-33)12-9-35-21(22)23-12/h2-6,9,15,19H,7-8H2,1H3,(H4-,22,23,24,29,31,32,33)/p+1/t15-,19-/m1/s1. The average molecular weight is 515 g/mol. The Morgan fingerprint density at radius 1 is 1.37 bits per heavy atom. The van der Waals surface area contributed by atoms with Crippen molar-refractivity contribution in [1.29, 1.82) is 0 Å². The van der Waals surface area contributed by atoms with Crippen molar-refractivity contribution < 1.29 is 29.4 Å². The van der Waals surface area contributed by atoms with Gasteiger partial charge in [0.05, 0.1) is 12.4 Å². The van der Waals surface area contributed by atoms with Gasteiger partial charge in [0, 0.05) is 16.7 Å². The number of anilines is 1. The van der Waals surface area contributed by atoms with E-state index >= 15 is 0 Å². The SMILES string of the molecule is Cn1c2ccccc2c[n+]1CC1=C(C(=O)O)N2C(=O)[C@@H](NC(=O)/C(=N\O)c3csc(N)n3)[C@H]2SC1. The molecule has 2 aromatic heterocycles. The number of fused-ring (bicyclic) bond motifs is 2. The summed E-state index contributed by atoms with van der Waals surface area (Å²) in [6, 6.07) is 6.83. The molecule has 0 aliphatic carbocycles. The van der Waals surface area contributed by atoms with Crippen LogP contribution in [0.1, 0.15) is 5.69 Å². The maximum absolute atomic E-state index is 13.0. The number of carboxylic acids is 1. The van der Waals surface area contributed by atoms with Gasteiger partial charge < -0.3 is 21.4 Å². The lowest BCUT2D eigenvalue weighted by molar-refractivity contribution is -0.764. The van der Waals surface area contributed by atoms with E-state index in [4.69, 9.17) is 5.73 Å². The number of carbonyl (C=O) groups is 3. The van der Waals surface area contributed by atoms with Crippen molar-refractivity contribution in [3.63, 3.8) is 0 Å². The number of nitrogen functional groups attached to an aromatic ring is 1. The summed E-state index contributed by atoms with van der Waals surface area (Å²) < 4.78 is 3.83. The molecule has 2 amide bonds. The Balaban J connectivity index is 1.37. The third kappa shape index (κ3) is 3.80. The summed E-state index contributed by atoms with van der Waals surface area (Å²) in [5, 5.41) is 26.8. The number of β-lactam (4-membered cyclic amide) rings is 1. The number of hydrogen-bond acceptors (Lipinski definition) is 9. The van der Waals surface area contributed by atoms with Crippen LogP contribution in [0.2, 0.25) is 0 Å². The monoisotopic (exact) mass is 514 g/mol. The zero-order valence-corrected chi connectivity index (χ0v) is 19.9. The number of nitrogens with two attached hydrogens (primary N) is 1. The van der Waals surface area contributed by atoms with E-state index in [-0.39, 0.29) is 22.2 Å². The zero-order chi connectivity index (χ0) is 24.9. The first-order chi connectivity index (χ1) is 16.8. The summed E-state index contributed by atoms with van der Waals surface area (Å²) in [6.45, 7) is 0.292. The minimum absolute atomic E-state index is 0.0767. The van der Waals surface area contributed by atoms with Gasteiger partial charge >= 0.3 is 5.97 Å². The first-order valence-electron chi connectivity index (χ1n) is 10.4. The van der Waals surface area contributed by atoms with Gasteiger partial charge in [0.1, 0.15) is 28.3 Å². The van der Waals surface area contributed by atoms with Gasteiger partial charge in [-0.25, -0.2) is 9.78 Å². The summed E-state index contributed by atoms with van der Waals surface area (Å²) in [4.78, 5) is 42.9. The number of carbonyl (C=O) groups excluding carboxylic acids is 2. The van der Waals surface area contributed by atoms with E-state index in [9.17, 15) is 24.7 Å². The Morgan fingerprint density at radius 3 is 2.80 bits per heavy atom. The van der Waals surface area contributed by atoms with Crippen LogP contribution in [-0.2, 0) is 28.0 Å². The molecule has 1 saturated heterocycles. The molecule has 5 N–H and O–H groups in total. The molecule has 0 unspecified atom stereocenters. The van der Waals surface area contributed by atoms with Crippen LogP contribution >= 0.6 is 23.1 Å². The Labute approximate surface area is 206 Å². The minimum atomic E-state index is -1.21. The van der Waals surface area contributed by atoms with Crippen LogP contribution in [0, 0.1) is 0 Å². The Hall–Kier alpha value is -3.91. The van der Waals surface area contributed by atoms with E-state index in [0.717, 1.165) is 22.2 Å². The Morgan fingerprint density at radius 2 is 2.14 bits per heavy atom. The maximum Gasteiger partial charge on any atom is 0.352 e. The number of aliphatic carboxylic acids is 1. The van der Waals surface area contributed by atoms with Crippen molar-refractivity contribution in [2.45, 2.75) is 18.0 Å². The molecule has 0 saturated carbocycles. The van der Waals surface area contributed by atoms with Crippen molar-refractivity contribution in [2.24, 2.45) is 12.2 Å². The van der Waals surface area contributed by atoms with Crippen LogP contribution in [0.15, 0.2) is 52.3 Å². The Kier molecular flexibility index (Phi) is 5.68. The summed E-state index contributed by atoms with van der Waals surface area (Å²) in [6.07, 6.45) is 1.93. The predicted octanol–water partition coefficient (Wildman–Crippen LogP) is 0.122. The van der Waals surface area contributed by atoms with Gasteiger partial charge in [-0.3, -0.25) is 14.5 Å². The number of benzene rings is 1. The molecular weight excluding hydrogens is 494 g/mol. The van der Waals surface area contributed by atoms with Gasteiger partial charge in [0.2, 0.25) is 6.20 Å². The van der Waals surface area contributed by atoms with E-state index in [1.807, 2.05) is 46.9 Å². The summed E-state index contributed by atoms with van der Waals surface area (Å²) in [7, 11) is 1.89. The van der Waals surface area contributed by atoms with Crippen LogP contribution in [0.4, 0.5) is 5.13 Å². The fraction of sp³-hybridized carbons (Fsp3) is 0.238. The number of nitrogens with one attached hydrogen (secondary N) is 1. The second-order valence-corrected chi connectivity index (χ2v) is 9.94.